The summed E-state index contributed by atoms with van der Waals surface area (Å²) >= 11 is 0. The van der Waals surface area contributed by atoms with Crippen LogP contribution in [0.2, 0.25) is 0 Å². The first-order chi connectivity index (χ1) is 5.99. The summed E-state index contributed by atoms with van der Waals surface area (Å²) in [5.74, 6) is -2.08. The van der Waals surface area contributed by atoms with Crippen molar-refractivity contribution in [2.45, 2.75) is 13.3 Å². The molecule has 0 unspecified atom stereocenters. The predicted molar refractivity (Wildman–Crippen MR) is 40.3 cm³/mol. The molecule has 1 amide bonds. The molecule has 0 bridgehead atoms. The van der Waals surface area contributed by atoms with Crippen LogP contribution in [0.25, 0.3) is 0 Å². The van der Waals surface area contributed by atoms with Crippen molar-refractivity contribution in [2.24, 2.45) is 0 Å². The molecular formula is C7H11F2NO3. The summed E-state index contributed by atoms with van der Waals surface area (Å²) in [5.41, 5.74) is 0. The smallest absolute Gasteiger partial charge is 0.325 e. The number of hydrogen-bond donors (Lipinski definition) is 0. The average Bonchev–Trinajstić information content (AvgIpc) is 2.03. The van der Waals surface area contributed by atoms with Gasteiger partial charge in [-0.3, -0.25) is 9.59 Å². The van der Waals surface area contributed by atoms with Crippen LogP contribution in [-0.4, -0.2) is 43.4 Å². The highest BCUT2D eigenvalue weighted by atomic mass is 19.3. The summed E-state index contributed by atoms with van der Waals surface area (Å²) in [4.78, 5) is 21.9. The van der Waals surface area contributed by atoms with Gasteiger partial charge >= 0.3 is 12.4 Å². The Labute approximate surface area is 74.5 Å². The van der Waals surface area contributed by atoms with Crippen molar-refractivity contribution in [3.05, 3.63) is 0 Å². The number of rotatable bonds is 4. The number of nitrogens with zero attached hydrogens (tertiary/aromatic N) is 1. The molecule has 0 radical (unpaired) electrons. The molecular weight excluding hydrogens is 184 g/mol. The van der Waals surface area contributed by atoms with E-state index in [1.807, 2.05) is 0 Å². The lowest BCUT2D eigenvalue weighted by atomic mass is 10.5. The maximum atomic E-state index is 11.8. The Balaban J connectivity index is 3.92. The Morgan fingerprint density at radius 1 is 1.46 bits per heavy atom. The van der Waals surface area contributed by atoms with Crippen LogP contribution in [0.3, 0.4) is 0 Å². The number of halogens is 2. The minimum absolute atomic E-state index is 0.162. The topological polar surface area (TPSA) is 46.6 Å². The molecule has 0 aliphatic carbocycles. The van der Waals surface area contributed by atoms with Gasteiger partial charge in [-0.25, -0.2) is 0 Å². The van der Waals surface area contributed by atoms with Crippen LogP contribution in [-0.2, 0) is 14.3 Å². The summed E-state index contributed by atoms with van der Waals surface area (Å²) < 4.78 is 28.0. The first-order valence-electron chi connectivity index (χ1n) is 3.67. The van der Waals surface area contributed by atoms with Gasteiger partial charge in [0.15, 0.2) is 0 Å². The fourth-order valence-corrected chi connectivity index (χ4v) is 0.645. The van der Waals surface area contributed by atoms with Gasteiger partial charge in [0.1, 0.15) is 6.54 Å². The van der Waals surface area contributed by atoms with Gasteiger partial charge in [-0.15, -0.1) is 0 Å². The monoisotopic (exact) mass is 195 g/mol. The Bertz CT molecular complexity index is 196. The van der Waals surface area contributed by atoms with Crippen molar-refractivity contribution in [1.82, 2.24) is 4.90 Å². The molecule has 0 saturated heterocycles. The van der Waals surface area contributed by atoms with E-state index in [0.29, 0.717) is 4.90 Å². The fourth-order valence-electron chi connectivity index (χ4n) is 0.645. The second kappa shape index (κ2) is 5.45. The van der Waals surface area contributed by atoms with Crippen LogP contribution >= 0.6 is 0 Å². The molecule has 0 aliphatic rings. The number of amides is 1. The van der Waals surface area contributed by atoms with E-state index in [-0.39, 0.29) is 6.61 Å². The van der Waals surface area contributed by atoms with Crippen molar-refractivity contribution >= 4 is 11.9 Å². The van der Waals surface area contributed by atoms with E-state index in [1.54, 1.807) is 6.92 Å². The van der Waals surface area contributed by atoms with E-state index in [4.69, 9.17) is 0 Å². The van der Waals surface area contributed by atoms with E-state index in [0.717, 1.165) is 7.05 Å². The molecule has 0 fully saturated rings. The van der Waals surface area contributed by atoms with Gasteiger partial charge in [-0.2, -0.15) is 8.78 Å². The van der Waals surface area contributed by atoms with Crippen molar-refractivity contribution in [1.29, 1.82) is 0 Å². The second-order valence-electron chi connectivity index (χ2n) is 2.30. The van der Waals surface area contributed by atoms with Crippen molar-refractivity contribution in [2.75, 3.05) is 20.2 Å². The third kappa shape index (κ3) is 4.39. The van der Waals surface area contributed by atoms with Crippen LogP contribution in [0.15, 0.2) is 0 Å². The number of carbonyl (C=O) groups excluding carboxylic acids is 2. The molecule has 6 heteroatoms. The van der Waals surface area contributed by atoms with E-state index in [9.17, 15) is 18.4 Å². The molecule has 0 aromatic rings. The summed E-state index contributed by atoms with van der Waals surface area (Å²) in [6.45, 7) is 1.30. The molecule has 0 heterocycles. The molecule has 76 valence electrons. The maximum Gasteiger partial charge on any atom is 0.325 e. The van der Waals surface area contributed by atoms with Crippen molar-refractivity contribution in [3.63, 3.8) is 0 Å². The highest BCUT2D eigenvalue weighted by Crippen LogP contribution is 1.98. The minimum Gasteiger partial charge on any atom is -0.465 e. The third-order valence-corrected chi connectivity index (χ3v) is 1.23. The molecule has 0 saturated carbocycles. The van der Waals surface area contributed by atoms with E-state index in [1.165, 1.54) is 0 Å². The Morgan fingerprint density at radius 2 is 2.00 bits per heavy atom. The number of esters is 1. The first kappa shape index (κ1) is 11.8. The van der Waals surface area contributed by atoms with Crippen LogP contribution < -0.4 is 0 Å². The zero-order valence-electron chi connectivity index (χ0n) is 7.42. The maximum absolute atomic E-state index is 11.8. The molecule has 13 heavy (non-hydrogen) atoms. The predicted octanol–water partition coefficient (Wildman–Crippen LogP) is 0.273. The Hall–Kier alpha value is -1.20. The molecule has 0 rings (SSSR count). The number of ether oxygens (including phenoxy) is 1. The molecule has 0 aromatic heterocycles. The summed E-state index contributed by atoms with van der Waals surface area (Å²) in [7, 11) is 1.12. The van der Waals surface area contributed by atoms with Crippen LogP contribution in [0.4, 0.5) is 8.78 Å². The summed E-state index contributed by atoms with van der Waals surface area (Å²) in [6, 6.07) is 0. The normalized spacial score (nSPS) is 9.92. The van der Waals surface area contributed by atoms with Crippen LogP contribution in [0.1, 0.15) is 6.92 Å². The van der Waals surface area contributed by atoms with Gasteiger partial charge in [-0.05, 0) is 6.92 Å². The third-order valence-electron chi connectivity index (χ3n) is 1.23. The largest absolute Gasteiger partial charge is 0.465 e. The average molecular weight is 195 g/mol. The molecule has 0 spiro atoms. The van der Waals surface area contributed by atoms with Gasteiger partial charge in [0.05, 0.1) is 6.61 Å². The number of alkyl halides is 2. The SMILES string of the molecule is CCOC(=O)CN(C)C(=O)C(F)F. The van der Waals surface area contributed by atoms with E-state index in [2.05, 4.69) is 4.74 Å². The quantitative estimate of drug-likeness (QED) is 0.605. The standard InChI is InChI=1S/C7H11F2NO3/c1-3-13-5(11)4-10(2)7(12)6(8)9/h6H,3-4H2,1-2H3. The molecule has 0 atom stereocenters. The van der Waals surface area contributed by atoms with Gasteiger partial charge in [0, 0.05) is 7.05 Å². The van der Waals surface area contributed by atoms with Crippen LogP contribution in [0, 0.1) is 0 Å². The minimum atomic E-state index is -3.08. The Kier molecular flexibility index (Phi) is 4.94. The van der Waals surface area contributed by atoms with Crippen LogP contribution in [0.5, 0.6) is 0 Å². The van der Waals surface area contributed by atoms with Gasteiger partial charge < -0.3 is 9.64 Å². The summed E-state index contributed by atoms with van der Waals surface area (Å²) in [6.07, 6.45) is -3.08. The van der Waals surface area contributed by atoms with Gasteiger partial charge in [0.2, 0.25) is 0 Å². The van der Waals surface area contributed by atoms with Gasteiger partial charge in [-0.1, -0.05) is 0 Å². The fraction of sp³-hybridized carbons (Fsp3) is 0.714. The second-order valence-corrected chi connectivity index (χ2v) is 2.30. The lowest BCUT2D eigenvalue weighted by molar-refractivity contribution is -0.151. The summed E-state index contributed by atoms with van der Waals surface area (Å²) in [5, 5.41) is 0. The molecule has 0 aromatic carbocycles. The molecule has 0 N–H and O–H groups in total. The highest BCUT2D eigenvalue weighted by molar-refractivity contribution is 5.83. The Morgan fingerprint density at radius 3 is 2.38 bits per heavy atom. The number of carbonyl (C=O) groups is 2. The highest BCUT2D eigenvalue weighted by Gasteiger charge is 2.21. The van der Waals surface area contributed by atoms with Crippen molar-refractivity contribution < 1.29 is 23.1 Å². The molecule has 0 aliphatic heterocycles. The number of likely N-dealkylation sites (N-methyl/N-ethyl adjacent to an activating group) is 1. The van der Waals surface area contributed by atoms with E-state index >= 15 is 0 Å². The lowest BCUT2D eigenvalue weighted by Crippen LogP contribution is -2.36. The van der Waals surface area contributed by atoms with Gasteiger partial charge in [0.25, 0.3) is 5.91 Å². The van der Waals surface area contributed by atoms with E-state index < -0.39 is 24.8 Å². The zero-order chi connectivity index (χ0) is 10.4. The first-order valence-corrected chi connectivity index (χ1v) is 3.67. The number of hydrogen-bond acceptors (Lipinski definition) is 3. The van der Waals surface area contributed by atoms with Crippen molar-refractivity contribution in [3.8, 4) is 0 Å². The molecule has 4 nitrogen and oxygen atoms in total. The zero-order valence-corrected chi connectivity index (χ0v) is 7.42. The lowest BCUT2D eigenvalue weighted by Gasteiger charge is -2.14.